The predicted molar refractivity (Wildman–Crippen MR) is 90.1 cm³/mol. The van der Waals surface area contributed by atoms with Crippen molar-refractivity contribution in [2.45, 2.75) is 6.54 Å². The molecule has 2 heterocycles. The van der Waals surface area contributed by atoms with Gasteiger partial charge in [-0.2, -0.15) is 0 Å². The molecule has 0 radical (unpaired) electrons. The Kier molecular flexibility index (Phi) is 4.27. The molecule has 0 fully saturated rings. The lowest BCUT2D eigenvalue weighted by Crippen LogP contribution is -2.28. The quantitative estimate of drug-likeness (QED) is 0.740. The molecule has 0 atom stereocenters. The van der Waals surface area contributed by atoms with Crippen LogP contribution < -0.4 is 5.56 Å². The van der Waals surface area contributed by atoms with Crippen molar-refractivity contribution >= 4 is 43.4 Å². The van der Waals surface area contributed by atoms with Crippen LogP contribution in [0.3, 0.4) is 0 Å². The fourth-order valence-electron chi connectivity index (χ4n) is 2.16. The molecule has 0 unspecified atom stereocenters. The molecular formula is C15H11BrFN3O2S. The highest BCUT2D eigenvalue weighted by molar-refractivity contribution is 9.10. The largest absolute Gasteiger partial charge is 0.334 e. The van der Waals surface area contributed by atoms with Crippen LogP contribution >= 0.6 is 27.3 Å². The molecule has 0 bridgehead atoms. The third-order valence-electron chi connectivity index (χ3n) is 3.26. The summed E-state index contributed by atoms with van der Waals surface area (Å²) in [6.07, 6.45) is 0. The van der Waals surface area contributed by atoms with Gasteiger partial charge in [0.1, 0.15) is 16.3 Å². The maximum absolute atomic E-state index is 13.1. The first-order valence-corrected chi connectivity index (χ1v) is 8.30. The number of carbonyl (C=O) groups excluding carboxylic acids is 1. The number of nitrogens with zero attached hydrogens (tertiary/aromatic N) is 2. The Hall–Kier alpha value is -2.06. The molecule has 1 amide bonds. The van der Waals surface area contributed by atoms with Gasteiger partial charge in [-0.25, -0.2) is 9.37 Å². The van der Waals surface area contributed by atoms with E-state index in [0.717, 1.165) is 0 Å². The SMILES string of the molecule is CN(Cc1nc2ccsc2c(=O)[nH]1)C(=O)c1ccc(F)cc1Br. The molecule has 0 spiro atoms. The Morgan fingerprint density at radius 3 is 2.96 bits per heavy atom. The van der Waals surface area contributed by atoms with Gasteiger partial charge in [-0.05, 0) is 45.6 Å². The molecule has 3 rings (SSSR count). The van der Waals surface area contributed by atoms with Crippen molar-refractivity contribution in [3.8, 4) is 0 Å². The molecule has 0 saturated heterocycles. The van der Waals surface area contributed by atoms with E-state index in [4.69, 9.17) is 0 Å². The van der Waals surface area contributed by atoms with Gasteiger partial charge in [0.25, 0.3) is 11.5 Å². The fraction of sp³-hybridized carbons (Fsp3) is 0.133. The summed E-state index contributed by atoms with van der Waals surface area (Å²) < 4.78 is 14.1. The standard InChI is InChI=1S/C15H11BrFN3O2S/c1-20(15(22)9-3-2-8(17)6-10(9)16)7-12-18-11-4-5-23-13(11)14(21)19-12/h2-6H,7H2,1H3,(H,18,19,21). The number of halogens is 2. The second kappa shape index (κ2) is 6.21. The average molecular weight is 396 g/mol. The lowest BCUT2D eigenvalue weighted by Gasteiger charge is -2.17. The Bertz CT molecular complexity index is 953. The zero-order chi connectivity index (χ0) is 16.6. The van der Waals surface area contributed by atoms with Crippen molar-refractivity contribution < 1.29 is 9.18 Å². The maximum atomic E-state index is 13.1. The van der Waals surface area contributed by atoms with E-state index in [2.05, 4.69) is 25.9 Å². The third kappa shape index (κ3) is 3.18. The van der Waals surface area contributed by atoms with Crippen molar-refractivity contribution in [3.63, 3.8) is 0 Å². The molecule has 1 aromatic carbocycles. The van der Waals surface area contributed by atoms with Crippen molar-refractivity contribution in [1.82, 2.24) is 14.9 Å². The molecule has 0 saturated carbocycles. The molecule has 23 heavy (non-hydrogen) atoms. The van der Waals surface area contributed by atoms with E-state index in [9.17, 15) is 14.0 Å². The molecule has 2 aromatic heterocycles. The number of nitrogens with one attached hydrogen (secondary N) is 1. The van der Waals surface area contributed by atoms with Gasteiger partial charge in [-0.1, -0.05) is 0 Å². The normalized spacial score (nSPS) is 10.9. The van der Waals surface area contributed by atoms with Crippen LogP contribution in [0.2, 0.25) is 0 Å². The minimum atomic E-state index is -0.426. The lowest BCUT2D eigenvalue weighted by molar-refractivity contribution is 0.0780. The molecule has 118 valence electrons. The number of aromatic amines is 1. The number of H-pyrrole nitrogens is 1. The number of benzene rings is 1. The molecule has 1 N–H and O–H groups in total. The van der Waals surface area contributed by atoms with Gasteiger partial charge in [-0.15, -0.1) is 11.3 Å². The number of hydrogen-bond donors (Lipinski definition) is 1. The van der Waals surface area contributed by atoms with Crippen LogP contribution in [-0.2, 0) is 6.54 Å². The summed E-state index contributed by atoms with van der Waals surface area (Å²) in [7, 11) is 1.59. The smallest absolute Gasteiger partial charge is 0.268 e. The van der Waals surface area contributed by atoms with E-state index in [1.807, 2.05) is 0 Å². The van der Waals surface area contributed by atoms with E-state index in [1.54, 1.807) is 18.5 Å². The summed E-state index contributed by atoms with van der Waals surface area (Å²) in [6.45, 7) is 0.143. The van der Waals surface area contributed by atoms with E-state index in [0.29, 0.717) is 26.1 Å². The highest BCUT2D eigenvalue weighted by Crippen LogP contribution is 2.20. The monoisotopic (exact) mass is 395 g/mol. The topological polar surface area (TPSA) is 66.1 Å². The zero-order valence-corrected chi connectivity index (χ0v) is 14.4. The second-order valence-electron chi connectivity index (χ2n) is 4.93. The predicted octanol–water partition coefficient (Wildman–Crippen LogP) is 3.16. The van der Waals surface area contributed by atoms with E-state index < -0.39 is 5.82 Å². The highest BCUT2D eigenvalue weighted by Gasteiger charge is 2.17. The van der Waals surface area contributed by atoms with Crippen molar-refractivity contribution in [2.24, 2.45) is 0 Å². The Morgan fingerprint density at radius 2 is 2.22 bits per heavy atom. The maximum Gasteiger partial charge on any atom is 0.268 e. The van der Waals surface area contributed by atoms with E-state index in [-0.39, 0.29) is 18.0 Å². The molecule has 0 aliphatic heterocycles. The van der Waals surface area contributed by atoms with Gasteiger partial charge in [-0.3, -0.25) is 9.59 Å². The number of hydrogen-bond acceptors (Lipinski definition) is 4. The molecule has 3 aromatic rings. The Morgan fingerprint density at radius 1 is 1.43 bits per heavy atom. The van der Waals surface area contributed by atoms with Gasteiger partial charge in [0.2, 0.25) is 0 Å². The average Bonchev–Trinajstić information content (AvgIpc) is 2.95. The summed E-state index contributed by atoms with van der Waals surface area (Å²) in [5, 5.41) is 1.79. The van der Waals surface area contributed by atoms with Crippen molar-refractivity contribution in [1.29, 1.82) is 0 Å². The van der Waals surface area contributed by atoms with Crippen LogP contribution in [0.5, 0.6) is 0 Å². The molecule has 0 aliphatic carbocycles. The van der Waals surface area contributed by atoms with Crippen LogP contribution in [0.4, 0.5) is 4.39 Å². The van der Waals surface area contributed by atoms with Gasteiger partial charge in [0, 0.05) is 11.5 Å². The second-order valence-corrected chi connectivity index (χ2v) is 6.70. The van der Waals surface area contributed by atoms with Crippen molar-refractivity contribution in [3.05, 3.63) is 61.7 Å². The van der Waals surface area contributed by atoms with Gasteiger partial charge in [0.05, 0.1) is 17.6 Å². The summed E-state index contributed by atoms with van der Waals surface area (Å²) in [5.74, 6) is -0.329. The first-order chi connectivity index (χ1) is 11.0. The first kappa shape index (κ1) is 15.8. The summed E-state index contributed by atoms with van der Waals surface area (Å²) >= 11 is 4.50. The Balaban J connectivity index is 1.86. The van der Waals surface area contributed by atoms with Gasteiger partial charge in [0.15, 0.2) is 0 Å². The van der Waals surface area contributed by atoms with Gasteiger partial charge >= 0.3 is 0 Å². The van der Waals surface area contributed by atoms with Crippen LogP contribution in [0.15, 0.2) is 38.9 Å². The van der Waals surface area contributed by atoms with Crippen LogP contribution in [0.25, 0.3) is 10.2 Å². The van der Waals surface area contributed by atoms with Crippen LogP contribution in [0, 0.1) is 5.82 Å². The van der Waals surface area contributed by atoms with Crippen LogP contribution in [-0.4, -0.2) is 27.8 Å². The zero-order valence-electron chi connectivity index (χ0n) is 12.0. The number of aromatic nitrogens is 2. The summed E-state index contributed by atoms with van der Waals surface area (Å²) in [6, 6.07) is 5.63. The first-order valence-electron chi connectivity index (χ1n) is 6.62. The fourth-order valence-corrected chi connectivity index (χ4v) is 3.41. The number of thiophene rings is 1. The third-order valence-corrected chi connectivity index (χ3v) is 4.82. The van der Waals surface area contributed by atoms with E-state index in [1.165, 1.54) is 34.4 Å². The Labute approximate surface area is 142 Å². The molecule has 0 aliphatic rings. The minimum absolute atomic E-state index is 0.143. The molecule has 5 nitrogen and oxygen atoms in total. The minimum Gasteiger partial charge on any atom is -0.334 e. The number of carbonyl (C=O) groups is 1. The highest BCUT2D eigenvalue weighted by atomic mass is 79.9. The van der Waals surface area contributed by atoms with Gasteiger partial charge < -0.3 is 9.88 Å². The molecular weight excluding hydrogens is 385 g/mol. The summed E-state index contributed by atoms with van der Waals surface area (Å²) in [5.41, 5.74) is 0.731. The van der Waals surface area contributed by atoms with E-state index >= 15 is 0 Å². The van der Waals surface area contributed by atoms with Crippen molar-refractivity contribution in [2.75, 3.05) is 7.05 Å². The number of rotatable bonds is 3. The number of amides is 1. The van der Waals surface area contributed by atoms with Crippen LogP contribution in [0.1, 0.15) is 16.2 Å². The lowest BCUT2D eigenvalue weighted by atomic mass is 10.2. The summed E-state index contributed by atoms with van der Waals surface area (Å²) in [4.78, 5) is 32.8. The number of fused-ring (bicyclic) bond motifs is 1. The molecule has 8 heteroatoms.